The molecule has 0 amide bonds. The maximum Gasteiger partial charge on any atom is 0.337 e. The summed E-state index contributed by atoms with van der Waals surface area (Å²) in [5.74, 6) is -5.07. The molecule has 0 bridgehead atoms. The lowest BCUT2D eigenvalue weighted by Gasteiger charge is -2.07. The van der Waals surface area contributed by atoms with Crippen LogP contribution in [0, 0.1) is 24.4 Å². The van der Waals surface area contributed by atoms with Crippen molar-refractivity contribution in [3.05, 3.63) is 75.1 Å². The van der Waals surface area contributed by atoms with Gasteiger partial charge in [0.05, 0.1) is 12.0 Å². The highest BCUT2D eigenvalue weighted by Gasteiger charge is 2.26. The van der Waals surface area contributed by atoms with Crippen molar-refractivity contribution >= 4 is 34.2 Å². The van der Waals surface area contributed by atoms with E-state index in [9.17, 15) is 27.9 Å². The fourth-order valence-electron chi connectivity index (χ4n) is 3.06. The summed E-state index contributed by atoms with van der Waals surface area (Å²) in [7, 11) is 0. The van der Waals surface area contributed by atoms with Crippen LogP contribution < -0.4 is 0 Å². The molecule has 0 aliphatic heterocycles. The van der Waals surface area contributed by atoms with Gasteiger partial charge < -0.3 is 9.52 Å². The number of fused-ring (bicyclic) bond motifs is 1. The number of carbonyl (C=O) groups is 2. The summed E-state index contributed by atoms with van der Waals surface area (Å²) in [6.07, 6.45) is -0.377. The van der Waals surface area contributed by atoms with Gasteiger partial charge in [-0.2, -0.15) is 0 Å². The number of hydrogen-bond acceptors (Lipinski definition) is 5. The first-order valence-electron chi connectivity index (χ1n) is 8.64. The number of Topliss-reactive ketones (excluding diaryl/α,β-unsaturated/α-hetero) is 1. The smallest absolute Gasteiger partial charge is 0.337 e. The van der Waals surface area contributed by atoms with Gasteiger partial charge in [0, 0.05) is 22.1 Å². The molecule has 2 aromatic heterocycles. The minimum Gasteiger partial charge on any atom is -0.478 e. The number of hydrogen-bond donors (Lipinski definition) is 1. The monoisotopic (exact) mass is 431 g/mol. The minimum atomic E-state index is -1.38. The van der Waals surface area contributed by atoms with Gasteiger partial charge in [0.15, 0.2) is 17.2 Å². The Kier molecular flexibility index (Phi) is 4.90. The van der Waals surface area contributed by atoms with E-state index in [1.807, 2.05) is 0 Å². The maximum absolute atomic E-state index is 14.4. The van der Waals surface area contributed by atoms with Crippen LogP contribution >= 0.6 is 11.3 Å². The van der Waals surface area contributed by atoms with E-state index in [2.05, 4.69) is 4.98 Å². The van der Waals surface area contributed by atoms with Gasteiger partial charge in [-0.1, -0.05) is 12.1 Å². The number of carboxylic acid groups (broad SMARTS) is 1. The Bertz CT molecular complexity index is 1330. The molecule has 4 rings (SSSR count). The Labute approximate surface area is 171 Å². The van der Waals surface area contributed by atoms with Crippen LogP contribution in [0.1, 0.15) is 31.5 Å². The summed E-state index contributed by atoms with van der Waals surface area (Å²) in [6, 6.07) is 6.24. The van der Waals surface area contributed by atoms with Crippen LogP contribution in [0.2, 0.25) is 0 Å². The summed E-state index contributed by atoms with van der Waals surface area (Å²) >= 11 is 0.930. The summed E-state index contributed by atoms with van der Waals surface area (Å²) < 4.78 is 47.0. The van der Waals surface area contributed by atoms with E-state index in [1.54, 1.807) is 0 Å². The van der Waals surface area contributed by atoms with Gasteiger partial charge in [-0.3, -0.25) is 4.79 Å². The van der Waals surface area contributed by atoms with E-state index in [1.165, 1.54) is 30.5 Å². The van der Waals surface area contributed by atoms with Crippen molar-refractivity contribution in [2.24, 2.45) is 0 Å². The molecule has 4 aromatic rings. The predicted molar refractivity (Wildman–Crippen MR) is 103 cm³/mol. The third kappa shape index (κ3) is 3.37. The van der Waals surface area contributed by atoms with Gasteiger partial charge in [-0.15, -0.1) is 11.3 Å². The summed E-state index contributed by atoms with van der Waals surface area (Å²) in [5.41, 5.74) is -0.0684. The largest absolute Gasteiger partial charge is 0.478 e. The first kappa shape index (κ1) is 19.8. The molecule has 2 heterocycles. The molecule has 9 heteroatoms. The molecule has 0 radical (unpaired) electrons. The molecule has 0 aliphatic carbocycles. The van der Waals surface area contributed by atoms with Gasteiger partial charge in [0.1, 0.15) is 11.3 Å². The Morgan fingerprint density at radius 3 is 2.60 bits per heavy atom. The van der Waals surface area contributed by atoms with Gasteiger partial charge in [0.25, 0.3) is 5.89 Å². The second-order valence-corrected chi connectivity index (χ2v) is 7.51. The van der Waals surface area contributed by atoms with Crippen LogP contribution in [-0.4, -0.2) is 21.8 Å². The van der Waals surface area contributed by atoms with Crippen molar-refractivity contribution in [2.75, 3.05) is 0 Å². The van der Waals surface area contributed by atoms with Crippen molar-refractivity contribution in [3.8, 4) is 11.1 Å². The SMILES string of the molecule is Cc1ccc(-c2csc(CC(=O)c3nc4cc(F)ccc4o3)c2C(=O)O)c(F)c1F. The van der Waals surface area contributed by atoms with Crippen molar-refractivity contribution in [1.82, 2.24) is 4.98 Å². The molecular weight excluding hydrogens is 419 g/mol. The zero-order valence-corrected chi connectivity index (χ0v) is 16.1. The maximum atomic E-state index is 14.4. The molecule has 1 N–H and O–H groups in total. The van der Waals surface area contributed by atoms with Gasteiger partial charge in [0.2, 0.25) is 5.78 Å². The zero-order chi connectivity index (χ0) is 21.6. The van der Waals surface area contributed by atoms with Gasteiger partial charge in [-0.05, 0) is 30.0 Å². The molecule has 5 nitrogen and oxygen atoms in total. The average molecular weight is 431 g/mol. The first-order valence-corrected chi connectivity index (χ1v) is 9.52. The number of oxazole rings is 1. The average Bonchev–Trinajstić information content (AvgIpc) is 3.30. The van der Waals surface area contributed by atoms with E-state index >= 15 is 0 Å². The number of thiophene rings is 1. The molecule has 0 fully saturated rings. The Hall–Kier alpha value is -3.46. The number of carboxylic acids is 1. The highest BCUT2D eigenvalue weighted by Crippen LogP contribution is 2.35. The number of aromatic carboxylic acids is 1. The van der Waals surface area contributed by atoms with Crippen molar-refractivity contribution in [3.63, 3.8) is 0 Å². The molecule has 0 unspecified atom stereocenters. The number of benzene rings is 2. The number of aromatic nitrogens is 1. The lowest BCUT2D eigenvalue weighted by Crippen LogP contribution is -2.08. The molecule has 0 spiro atoms. The van der Waals surface area contributed by atoms with Crippen molar-refractivity contribution < 1.29 is 32.3 Å². The lowest BCUT2D eigenvalue weighted by atomic mass is 9.99. The molecule has 2 aromatic carbocycles. The topological polar surface area (TPSA) is 80.4 Å². The van der Waals surface area contributed by atoms with Crippen LogP contribution in [0.3, 0.4) is 0 Å². The number of ketones is 1. The van der Waals surface area contributed by atoms with E-state index in [0.29, 0.717) is 0 Å². The van der Waals surface area contributed by atoms with E-state index in [-0.39, 0.29) is 50.5 Å². The number of rotatable bonds is 5. The third-order valence-electron chi connectivity index (χ3n) is 4.56. The highest BCUT2D eigenvalue weighted by atomic mass is 32.1. The lowest BCUT2D eigenvalue weighted by molar-refractivity contribution is 0.0697. The summed E-state index contributed by atoms with van der Waals surface area (Å²) in [4.78, 5) is 28.5. The van der Waals surface area contributed by atoms with Crippen LogP contribution in [0.4, 0.5) is 13.2 Å². The number of halogens is 3. The standard InChI is InChI=1S/C21H12F3NO4S/c1-9-2-4-11(19(24)18(9)23)12-8-30-16(17(12)21(27)28)7-14(26)20-25-13-6-10(22)3-5-15(13)29-20/h2-6,8H,7H2,1H3,(H,27,28). The van der Waals surface area contributed by atoms with Crippen LogP contribution in [-0.2, 0) is 6.42 Å². The fourth-order valence-corrected chi connectivity index (χ4v) is 4.09. The van der Waals surface area contributed by atoms with Crippen molar-refractivity contribution in [1.29, 1.82) is 0 Å². The van der Waals surface area contributed by atoms with Crippen LogP contribution in [0.25, 0.3) is 22.2 Å². The first-order chi connectivity index (χ1) is 14.3. The van der Waals surface area contributed by atoms with Crippen molar-refractivity contribution in [2.45, 2.75) is 13.3 Å². The fraction of sp³-hybridized carbons (Fsp3) is 0.0952. The van der Waals surface area contributed by atoms with Gasteiger partial charge >= 0.3 is 5.97 Å². The Balaban J connectivity index is 1.72. The van der Waals surface area contributed by atoms with Crippen LogP contribution in [0.15, 0.2) is 40.1 Å². The normalized spacial score (nSPS) is 11.2. The number of carbonyl (C=O) groups excluding carboxylic acids is 1. The second-order valence-electron chi connectivity index (χ2n) is 6.54. The second kappa shape index (κ2) is 7.42. The molecule has 0 atom stereocenters. The molecule has 0 saturated carbocycles. The van der Waals surface area contributed by atoms with E-state index in [0.717, 1.165) is 23.5 Å². The zero-order valence-electron chi connectivity index (χ0n) is 15.3. The molecule has 0 saturated heterocycles. The highest BCUT2D eigenvalue weighted by molar-refractivity contribution is 7.11. The summed E-state index contributed by atoms with van der Waals surface area (Å²) in [5, 5.41) is 11.0. The van der Waals surface area contributed by atoms with Crippen LogP contribution in [0.5, 0.6) is 0 Å². The molecule has 30 heavy (non-hydrogen) atoms. The Morgan fingerprint density at radius 2 is 1.87 bits per heavy atom. The third-order valence-corrected chi connectivity index (χ3v) is 5.54. The van der Waals surface area contributed by atoms with E-state index < -0.39 is 29.2 Å². The Morgan fingerprint density at radius 1 is 1.10 bits per heavy atom. The predicted octanol–water partition coefficient (Wildman–Crippen LogP) is 5.41. The summed E-state index contributed by atoms with van der Waals surface area (Å²) in [6.45, 7) is 1.39. The van der Waals surface area contributed by atoms with E-state index in [4.69, 9.17) is 4.42 Å². The quantitative estimate of drug-likeness (QED) is 0.428. The number of aryl methyl sites for hydroxylation is 1. The molecule has 152 valence electrons. The number of nitrogens with zero attached hydrogens (tertiary/aromatic N) is 1. The molecule has 0 aliphatic rings. The minimum absolute atomic E-state index is 0.0219. The molecular formula is C21H12F3NO4S. The van der Waals surface area contributed by atoms with Gasteiger partial charge in [-0.25, -0.2) is 22.9 Å².